The normalized spacial score (nSPS) is 12.0. The lowest BCUT2D eigenvalue weighted by molar-refractivity contribution is -0.117. The van der Waals surface area contributed by atoms with Gasteiger partial charge in [0.1, 0.15) is 6.54 Å². The van der Waals surface area contributed by atoms with E-state index in [1.165, 1.54) is 10.4 Å². The fourth-order valence-electron chi connectivity index (χ4n) is 2.71. The zero-order chi connectivity index (χ0) is 18.5. The van der Waals surface area contributed by atoms with Gasteiger partial charge in [0.2, 0.25) is 11.7 Å². The number of para-hydroxylation sites is 1. The minimum Gasteiger partial charge on any atom is -0.324 e. The first-order valence-corrected chi connectivity index (χ1v) is 8.80. The SMILES string of the molecule is CC[C@@H](C)c1ccccc1NC(=O)Cn1nnc(-c2ccc(C)cc2)n1. The van der Waals surface area contributed by atoms with Crippen LogP contribution in [0.25, 0.3) is 11.4 Å². The molecule has 2 aromatic carbocycles. The average Bonchev–Trinajstić information content (AvgIpc) is 3.10. The molecule has 1 heterocycles. The number of hydrogen-bond donors (Lipinski definition) is 1. The van der Waals surface area contributed by atoms with Gasteiger partial charge in [0.25, 0.3) is 0 Å². The summed E-state index contributed by atoms with van der Waals surface area (Å²) >= 11 is 0. The van der Waals surface area contributed by atoms with Gasteiger partial charge in [-0.25, -0.2) is 0 Å². The van der Waals surface area contributed by atoms with E-state index in [2.05, 4.69) is 34.6 Å². The van der Waals surface area contributed by atoms with Crippen molar-refractivity contribution in [2.45, 2.75) is 39.7 Å². The summed E-state index contributed by atoms with van der Waals surface area (Å²) in [4.78, 5) is 13.7. The van der Waals surface area contributed by atoms with E-state index in [4.69, 9.17) is 0 Å². The molecule has 1 N–H and O–H groups in total. The quantitative estimate of drug-likeness (QED) is 0.734. The number of benzene rings is 2. The summed E-state index contributed by atoms with van der Waals surface area (Å²) in [5, 5.41) is 15.3. The van der Waals surface area contributed by atoms with Crippen molar-refractivity contribution in [3.05, 3.63) is 59.7 Å². The highest BCUT2D eigenvalue weighted by atomic mass is 16.2. The number of nitrogens with one attached hydrogen (secondary N) is 1. The van der Waals surface area contributed by atoms with Gasteiger partial charge in [0, 0.05) is 11.3 Å². The molecular formula is C20H23N5O. The molecule has 1 atom stereocenters. The fourth-order valence-corrected chi connectivity index (χ4v) is 2.71. The van der Waals surface area contributed by atoms with E-state index in [-0.39, 0.29) is 12.5 Å². The lowest BCUT2D eigenvalue weighted by Gasteiger charge is -2.15. The van der Waals surface area contributed by atoms with E-state index in [1.807, 2.05) is 55.5 Å². The van der Waals surface area contributed by atoms with Gasteiger partial charge in [-0.2, -0.15) is 4.80 Å². The molecule has 6 nitrogen and oxygen atoms in total. The predicted octanol–water partition coefficient (Wildman–Crippen LogP) is 3.80. The first-order chi connectivity index (χ1) is 12.6. The molecule has 6 heteroatoms. The van der Waals surface area contributed by atoms with Gasteiger partial charge in [-0.15, -0.1) is 10.2 Å². The first kappa shape index (κ1) is 17.8. The Hall–Kier alpha value is -3.02. The molecule has 0 fully saturated rings. The molecular weight excluding hydrogens is 326 g/mol. The van der Waals surface area contributed by atoms with E-state index in [1.54, 1.807) is 0 Å². The second-order valence-corrected chi connectivity index (χ2v) is 6.45. The highest BCUT2D eigenvalue weighted by Gasteiger charge is 2.13. The summed E-state index contributed by atoms with van der Waals surface area (Å²) in [7, 11) is 0. The summed E-state index contributed by atoms with van der Waals surface area (Å²) in [5.74, 6) is 0.718. The number of carbonyl (C=O) groups is 1. The molecule has 0 aliphatic carbocycles. The van der Waals surface area contributed by atoms with E-state index < -0.39 is 0 Å². The van der Waals surface area contributed by atoms with Crippen LogP contribution >= 0.6 is 0 Å². The van der Waals surface area contributed by atoms with Crippen molar-refractivity contribution >= 4 is 11.6 Å². The van der Waals surface area contributed by atoms with Crippen LogP contribution in [0.15, 0.2) is 48.5 Å². The zero-order valence-electron chi connectivity index (χ0n) is 15.3. The zero-order valence-corrected chi connectivity index (χ0v) is 15.3. The smallest absolute Gasteiger partial charge is 0.248 e. The highest BCUT2D eigenvalue weighted by Crippen LogP contribution is 2.26. The Morgan fingerprint density at radius 3 is 2.62 bits per heavy atom. The van der Waals surface area contributed by atoms with Crippen LogP contribution in [0.2, 0.25) is 0 Å². The van der Waals surface area contributed by atoms with Crippen molar-refractivity contribution < 1.29 is 4.79 Å². The Labute approximate surface area is 153 Å². The summed E-state index contributed by atoms with van der Waals surface area (Å²) in [5.41, 5.74) is 4.02. The number of amides is 1. The first-order valence-electron chi connectivity index (χ1n) is 8.80. The van der Waals surface area contributed by atoms with Gasteiger partial charge in [-0.3, -0.25) is 4.79 Å². The number of aryl methyl sites for hydroxylation is 1. The molecule has 0 aliphatic heterocycles. The third-order valence-corrected chi connectivity index (χ3v) is 4.43. The van der Waals surface area contributed by atoms with Crippen molar-refractivity contribution in [3.8, 4) is 11.4 Å². The fraction of sp³-hybridized carbons (Fsp3) is 0.300. The number of nitrogens with zero attached hydrogens (tertiary/aromatic N) is 4. The third-order valence-electron chi connectivity index (χ3n) is 4.43. The van der Waals surface area contributed by atoms with Crippen LogP contribution < -0.4 is 5.32 Å². The highest BCUT2D eigenvalue weighted by molar-refractivity contribution is 5.91. The molecule has 1 amide bonds. The number of rotatable bonds is 6. The van der Waals surface area contributed by atoms with E-state index in [0.29, 0.717) is 11.7 Å². The molecule has 0 saturated carbocycles. The minimum atomic E-state index is -0.173. The lowest BCUT2D eigenvalue weighted by Crippen LogP contribution is -2.21. The Morgan fingerprint density at radius 1 is 1.15 bits per heavy atom. The van der Waals surface area contributed by atoms with Crippen LogP contribution in [-0.2, 0) is 11.3 Å². The molecule has 26 heavy (non-hydrogen) atoms. The van der Waals surface area contributed by atoms with Gasteiger partial charge in [0.15, 0.2) is 0 Å². The molecule has 0 bridgehead atoms. The minimum absolute atomic E-state index is 0.0215. The summed E-state index contributed by atoms with van der Waals surface area (Å²) < 4.78 is 0. The van der Waals surface area contributed by atoms with Gasteiger partial charge in [-0.1, -0.05) is 61.9 Å². The van der Waals surface area contributed by atoms with Gasteiger partial charge in [0.05, 0.1) is 0 Å². The van der Waals surface area contributed by atoms with Crippen LogP contribution in [-0.4, -0.2) is 26.1 Å². The standard InChI is InChI=1S/C20H23N5O/c1-4-15(3)17-7-5-6-8-18(17)21-19(26)13-25-23-20(22-24-25)16-11-9-14(2)10-12-16/h5-12,15H,4,13H2,1-3H3,(H,21,26)/t15-/m1/s1. The maximum Gasteiger partial charge on any atom is 0.248 e. The molecule has 0 radical (unpaired) electrons. The number of hydrogen-bond acceptors (Lipinski definition) is 4. The number of carbonyl (C=O) groups excluding carboxylic acids is 1. The molecule has 0 saturated heterocycles. The third kappa shape index (κ3) is 4.14. The van der Waals surface area contributed by atoms with Crippen LogP contribution in [0.5, 0.6) is 0 Å². The van der Waals surface area contributed by atoms with Gasteiger partial charge < -0.3 is 5.32 Å². The molecule has 134 valence electrons. The van der Waals surface area contributed by atoms with Crippen molar-refractivity contribution in [2.75, 3.05) is 5.32 Å². The van der Waals surface area contributed by atoms with Crippen molar-refractivity contribution in [2.24, 2.45) is 0 Å². The van der Waals surface area contributed by atoms with Gasteiger partial charge in [-0.05, 0) is 36.1 Å². The molecule has 3 aromatic rings. The molecule has 3 rings (SSSR count). The molecule has 0 aliphatic rings. The van der Waals surface area contributed by atoms with E-state index in [9.17, 15) is 4.79 Å². The maximum absolute atomic E-state index is 12.4. The number of anilines is 1. The van der Waals surface area contributed by atoms with Crippen LogP contribution in [0, 0.1) is 6.92 Å². The van der Waals surface area contributed by atoms with Crippen molar-refractivity contribution in [1.29, 1.82) is 0 Å². The Balaban J connectivity index is 1.69. The number of tetrazole rings is 1. The van der Waals surface area contributed by atoms with Crippen LogP contribution in [0.1, 0.15) is 37.3 Å². The van der Waals surface area contributed by atoms with Crippen LogP contribution in [0.3, 0.4) is 0 Å². The summed E-state index contributed by atoms with van der Waals surface area (Å²) in [6.07, 6.45) is 1.01. The molecule has 1 aromatic heterocycles. The van der Waals surface area contributed by atoms with E-state index in [0.717, 1.165) is 23.2 Å². The van der Waals surface area contributed by atoms with Gasteiger partial charge >= 0.3 is 0 Å². The summed E-state index contributed by atoms with van der Waals surface area (Å²) in [6, 6.07) is 15.8. The molecule has 0 spiro atoms. The Morgan fingerprint density at radius 2 is 1.88 bits per heavy atom. The summed E-state index contributed by atoms with van der Waals surface area (Å²) in [6.45, 7) is 6.33. The Bertz CT molecular complexity index is 885. The second-order valence-electron chi connectivity index (χ2n) is 6.45. The lowest BCUT2D eigenvalue weighted by atomic mass is 9.97. The van der Waals surface area contributed by atoms with E-state index >= 15 is 0 Å². The molecule has 0 unspecified atom stereocenters. The largest absolute Gasteiger partial charge is 0.324 e. The maximum atomic E-state index is 12.4. The Kier molecular flexibility index (Phi) is 5.41. The topological polar surface area (TPSA) is 72.7 Å². The van der Waals surface area contributed by atoms with Crippen LogP contribution in [0.4, 0.5) is 5.69 Å². The van der Waals surface area contributed by atoms with Crippen molar-refractivity contribution in [1.82, 2.24) is 20.2 Å². The predicted molar refractivity (Wildman–Crippen MR) is 102 cm³/mol. The van der Waals surface area contributed by atoms with Crippen molar-refractivity contribution in [3.63, 3.8) is 0 Å². The number of aromatic nitrogens is 4. The monoisotopic (exact) mass is 349 g/mol. The second kappa shape index (κ2) is 7.91. The average molecular weight is 349 g/mol.